The zero-order chi connectivity index (χ0) is 36.2. The lowest BCUT2D eigenvalue weighted by Crippen LogP contribution is -1.97. The van der Waals surface area contributed by atoms with E-state index in [0.717, 1.165) is 22.1 Å². The van der Waals surface area contributed by atoms with Crippen molar-refractivity contribution in [1.82, 2.24) is 0 Å². The minimum atomic E-state index is 1.09. The lowest BCUT2D eigenvalue weighted by Gasteiger charge is -2.23. The smallest absolute Gasteiger partial charge is 0.00139 e. The van der Waals surface area contributed by atoms with E-state index in [1.165, 1.54) is 87.4 Å². The van der Waals surface area contributed by atoms with Gasteiger partial charge in [0, 0.05) is 0 Å². The first-order valence-corrected chi connectivity index (χ1v) is 18.6. The fourth-order valence-electron chi connectivity index (χ4n) is 8.91. The van der Waals surface area contributed by atoms with Gasteiger partial charge in [-0.2, -0.15) is 0 Å². The van der Waals surface area contributed by atoms with Gasteiger partial charge in [0.1, 0.15) is 0 Å². The van der Waals surface area contributed by atoms with E-state index in [9.17, 15) is 0 Å². The molecule has 0 heterocycles. The van der Waals surface area contributed by atoms with Crippen molar-refractivity contribution in [3.63, 3.8) is 0 Å². The zero-order valence-electron chi connectivity index (χ0n) is 29.9. The van der Waals surface area contributed by atoms with Crippen LogP contribution in [0.5, 0.6) is 0 Å². The first kappa shape index (κ1) is 31.7. The van der Waals surface area contributed by atoms with Gasteiger partial charge in [0.2, 0.25) is 0 Å². The van der Waals surface area contributed by atoms with Gasteiger partial charge in [0.15, 0.2) is 0 Å². The molecule has 0 nitrogen and oxygen atoms in total. The van der Waals surface area contributed by atoms with Crippen molar-refractivity contribution in [2.45, 2.75) is 0 Å². The van der Waals surface area contributed by atoms with E-state index >= 15 is 0 Å². The molecule has 0 saturated carbocycles. The van der Waals surface area contributed by atoms with Gasteiger partial charge in [-0.3, -0.25) is 0 Å². The van der Waals surface area contributed by atoms with Gasteiger partial charge >= 0.3 is 0 Å². The van der Waals surface area contributed by atoms with Crippen molar-refractivity contribution in [3.05, 3.63) is 206 Å². The Balaban J connectivity index is 1.37. The van der Waals surface area contributed by atoms with Crippen molar-refractivity contribution in [2.75, 3.05) is 0 Å². The minimum absolute atomic E-state index is 1.09. The summed E-state index contributed by atoms with van der Waals surface area (Å²) in [5, 5.41) is 12.3. The van der Waals surface area contributed by atoms with Crippen molar-refractivity contribution in [2.24, 2.45) is 0 Å². The molecule has 0 aliphatic carbocycles. The molecule has 54 heavy (non-hydrogen) atoms. The lowest BCUT2D eigenvalue weighted by molar-refractivity contribution is 1.58. The standard InChI is InChI=1S/C54H36/c1-3-40-41(4-2)51(37-20-7-5-8-21-37)52(38-22-9-6-10-23-38)47-32-31-39(34-49(40)47)50-45-27-15-16-28-46(45)54(44-29-17-24-35-18-11-13-25-42(35)44)53-43-26-14-12-19-36(43)30-33-48(50)53/h3-34H,1-2H2. The molecule has 0 unspecified atom stereocenters. The van der Waals surface area contributed by atoms with Gasteiger partial charge in [-0.05, 0) is 116 Å². The maximum absolute atomic E-state index is 4.39. The molecule has 0 atom stereocenters. The van der Waals surface area contributed by atoms with Crippen molar-refractivity contribution in [1.29, 1.82) is 0 Å². The molecule has 0 bridgehead atoms. The topological polar surface area (TPSA) is 0 Å². The first-order valence-electron chi connectivity index (χ1n) is 18.6. The van der Waals surface area contributed by atoms with Crippen LogP contribution in [0.1, 0.15) is 11.1 Å². The van der Waals surface area contributed by atoms with E-state index in [-0.39, 0.29) is 0 Å². The number of rotatable bonds is 6. The molecular formula is C54H36. The van der Waals surface area contributed by atoms with Crippen LogP contribution in [0, 0.1) is 0 Å². The van der Waals surface area contributed by atoms with Gasteiger partial charge in [-0.15, -0.1) is 0 Å². The summed E-state index contributed by atoms with van der Waals surface area (Å²) in [6, 6.07) is 66.4. The second-order valence-corrected chi connectivity index (χ2v) is 14.0. The third-order valence-electron chi connectivity index (χ3n) is 11.2. The molecule has 0 fully saturated rings. The van der Waals surface area contributed by atoms with Crippen LogP contribution in [0.2, 0.25) is 0 Å². The molecule has 10 aromatic carbocycles. The van der Waals surface area contributed by atoms with E-state index in [1.807, 2.05) is 12.2 Å². The van der Waals surface area contributed by atoms with Crippen molar-refractivity contribution < 1.29 is 0 Å². The van der Waals surface area contributed by atoms with Crippen LogP contribution >= 0.6 is 0 Å². The van der Waals surface area contributed by atoms with Crippen molar-refractivity contribution >= 4 is 66.0 Å². The van der Waals surface area contributed by atoms with E-state index in [1.54, 1.807) is 0 Å². The normalized spacial score (nSPS) is 11.5. The molecule has 0 spiro atoms. The molecule has 0 heteroatoms. The Morgan fingerprint density at radius 2 is 0.815 bits per heavy atom. The van der Waals surface area contributed by atoms with Crippen LogP contribution < -0.4 is 0 Å². The second kappa shape index (κ2) is 12.9. The molecule has 0 saturated heterocycles. The predicted molar refractivity (Wildman–Crippen MR) is 236 cm³/mol. The Bertz CT molecular complexity index is 3110. The van der Waals surface area contributed by atoms with Gasteiger partial charge in [-0.25, -0.2) is 0 Å². The highest BCUT2D eigenvalue weighted by Gasteiger charge is 2.23. The third-order valence-corrected chi connectivity index (χ3v) is 11.2. The number of fused-ring (bicyclic) bond motifs is 6. The van der Waals surface area contributed by atoms with Gasteiger partial charge in [0.05, 0.1) is 0 Å². The highest BCUT2D eigenvalue weighted by molar-refractivity contribution is 6.29. The quantitative estimate of drug-likeness (QED) is 0.121. The Labute approximate surface area is 315 Å². The largest absolute Gasteiger partial charge is 0.0984 e. The highest BCUT2D eigenvalue weighted by Crippen LogP contribution is 2.50. The number of benzene rings is 10. The molecule has 10 aromatic rings. The lowest BCUT2D eigenvalue weighted by atomic mass is 9.80. The van der Waals surface area contributed by atoms with Crippen molar-refractivity contribution in [3.8, 4) is 44.5 Å². The monoisotopic (exact) mass is 684 g/mol. The summed E-state index contributed by atoms with van der Waals surface area (Å²) in [5.74, 6) is 0. The maximum atomic E-state index is 4.39. The van der Waals surface area contributed by atoms with Crippen LogP contribution in [-0.2, 0) is 0 Å². The zero-order valence-corrected chi connectivity index (χ0v) is 29.9. The molecule has 0 aliphatic heterocycles. The summed E-state index contributed by atoms with van der Waals surface area (Å²) < 4.78 is 0. The van der Waals surface area contributed by atoms with Gasteiger partial charge in [0.25, 0.3) is 0 Å². The van der Waals surface area contributed by atoms with Gasteiger partial charge in [-0.1, -0.05) is 201 Å². The maximum Gasteiger partial charge on any atom is -0.00139 e. The van der Waals surface area contributed by atoms with Crippen LogP contribution in [0.4, 0.5) is 0 Å². The Hall–Kier alpha value is -7.02. The van der Waals surface area contributed by atoms with Crippen LogP contribution in [0.3, 0.4) is 0 Å². The average molecular weight is 685 g/mol. The van der Waals surface area contributed by atoms with E-state index in [2.05, 4.69) is 195 Å². The fourth-order valence-corrected chi connectivity index (χ4v) is 8.91. The second-order valence-electron chi connectivity index (χ2n) is 14.0. The minimum Gasteiger partial charge on any atom is -0.0984 e. The molecule has 0 aliphatic rings. The van der Waals surface area contributed by atoms with Gasteiger partial charge < -0.3 is 0 Å². The molecular weight excluding hydrogens is 649 g/mol. The molecule has 0 N–H and O–H groups in total. The Kier molecular flexibility index (Phi) is 7.56. The molecule has 0 radical (unpaired) electrons. The SMILES string of the molecule is C=Cc1c(-c2ccccc2)c(-c2ccccc2)c2ccc(-c3c4ccccc4c(-c4cccc5ccccc45)c4c3ccc3ccccc34)cc2c1C=C. The van der Waals surface area contributed by atoms with Crippen LogP contribution in [-0.4, -0.2) is 0 Å². The summed E-state index contributed by atoms with van der Waals surface area (Å²) in [6.45, 7) is 8.76. The summed E-state index contributed by atoms with van der Waals surface area (Å²) in [6.07, 6.45) is 4.02. The van der Waals surface area contributed by atoms with Crippen LogP contribution in [0.15, 0.2) is 195 Å². The Morgan fingerprint density at radius 1 is 0.296 bits per heavy atom. The number of hydrogen-bond donors (Lipinski definition) is 0. The van der Waals surface area contributed by atoms with E-state index in [0.29, 0.717) is 0 Å². The highest BCUT2D eigenvalue weighted by atomic mass is 14.3. The molecule has 10 rings (SSSR count). The summed E-state index contributed by atoms with van der Waals surface area (Å²) >= 11 is 0. The fraction of sp³-hybridized carbons (Fsp3) is 0. The molecule has 0 amide bonds. The first-order chi connectivity index (χ1) is 26.7. The molecule has 252 valence electrons. The summed E-state index contributed by atoms with van der Waals surface area (Å²) in [4.78, 5) is 0. The van der Waals surface area contributed by atoms with Crippen LogP contribution in [0.25, 0.3) is 111 Å². The third kappa shape index (κ3) is 4.85. The Morgan fingerprint density at radius 3 is 1.50 bits per heavy atom. The number of hydrogen-bond acceptors (Lipinski definition) is 0. The van der Waals surface area contributed by atoms with E-state index in [4.69, 9.17) is 0 Å². The predicted octanol–water partition coefficient (Wildman–Crippen LogP) is 15.4. The van der Waals surface area contributed by atoms with E-state index < -0.39 is 0 Å². The summed E-state index contributed by atoms with van der Waals surface area (Å²) in [5.41, 5.74) is 11.8. The average Bonchev–Trinajstić information content (AvgIpc) is 3.24. The molecule has 0 aromatic heterocycles. The summed E-state index contributed by atoms with van der Waals surface area (Å²) in [7, 11) is 0.